The summed E-state index contributed by atoms with van der Waals surface area (Å²) in [5, 5.41) is 4.16. The first kappa shape index (κ1) is 20.8. The van der Waals surface area contributed by atoms with Gasteiger partial charge in [0.15, 0.2) is 5.16 Å². The van der Waals surface area contributed by atoms with Crippen molar-refractivity contribution in [2.24, 2.45) is 0 Å². The molecule has 0 atom stereocenters. The van der Waals surface area contributed by atoms with Crippen LogP contribution >= 0.6 is 11.8 Å². The van der Waals surface area contributed by atoms with Crippen molar-refractivity contribution in [3.05, 3.63) is 89.2 Å². The highest BCUT2D eigenvalue weighted by Gasteiger charge is 2.18. The number of hydrogen-bond donors (Lipinski definition) is 2. The van der Waals surface area contributed by atoms with Crippen LogP contribution in [0.25, 0.3) is 27.6 Å². The number of hydrogen-bond acceptors (Lipinski definition) is 5. The smallest absolute Gasteiger partial charge is 0.283 e. The zero-order valence-electron chi connectivity index (χ0n) is 17.7. The molecule has 0 radical (unpaired) electrons. The molecule has 1 amide bonds. The van der Waals surface area contributed by atoms with E-state index in [1.54, 1.807) is 31.4 Å². The van der Waals surface area contributed by atoms with Crippen LogP contribution in [0.3, 0.4) is 0 Å². The first-order chi connectivity index (χ1) is 16.1. The SMILES string of the molecule is COc1ccc(-n2c(SCC(=O)Nc3ccccc3)nc3c([nH]c4ccccc43)c2=O)cc1. The number of thioether (sulfide) groups is 1. The lowest BCUT2D eigenvalue weighted by Gasteiger charge is -2.13. The van der Waals surface area contributed by atoms with Crippen LogP contribution in [0.4, 0.5) is 5.69 Å². The van der Waals surface area contributed by atoms with Gasteiger partial charge in [0, 0.05) is 16.6 Å². The van der Waals surface area contributed by atoms with Gasteiger partial charge in [-0.1, -0.05) is 48.2 Å². The van der Waals surface area contributed by atoms with Crippen LogP contribution in [0.2, 0.25) is 0 Å². The van der Waals surface area contributed by atoms with E-state index in [9.17, 15) is 9.59 Å². The van der Waals surface area contributed by atoms with Crippen LogP contribution in [0.1, 0.15) is 0 Å². The minimum Gasteiger partial charge on any atom is -0.497 e. The van der Waals surface area contributed by atoms with Crippen LogP contribution < -0.4 is 15.6 Å². The molecule has 0 aliphatic heterocycles. The number of H-pyrrole nitrogens is 1. The quantitative estimate of drug-likeness (QED) is 0.288. The van der Waals surface area contributed by atoms with Crippen LogP contribution in [0.15, 0.2) is 88.8 Å². The highest BCUT2D eigenvalue weighted by molar-refractivity contribution is 7.99. The Morgan fingerprint density at radius 2 is 1.76 bits per heavy atom. The third-order valence-electron chi connectivity index (χ3n) is 5.21. The number of aromatic amines is 1. The average molecular weight is 457 g/mol. The van der Waals surface area contributed by atoms with Gasteiger partial charge < -0.3 is 15.0 Å². The number of anilines is 1. The van der Waals surface area contributed by atoms with Crippen LogP contribution in [-0.4, -0.2) is 33.3 Å². The largest absolute Gasteiger partial charge is 0.497 e. The number of methoxy groups -OCH3 is 1. The van der Waals surface area contributed by atoms with Crippen molar-refractivity contribution < 1.29 is 9.53 Å². The highest BCUT2D eigenvalue weighted by Crippen LogP contribution is 2.27. The molecule has 2 heterocycles. The second kappa shape index (κ2) is 8.84. The molecule has 7 nitrogen and oxygen atoms in total. The number of fused-ring (bicyclic) bond motifs is 3. The first-order valence-electron chi connectivity index (χ1n) is 10.3. The fourth-order valence-electron chi connectivity index (χ4n) is 3.65. The summed E-state index contributed by atoms with van der Waals surface area (Å²) in [6.07, 6.45) is 0. The van der Waals surface area contributed by atoms with E-state index in [1.165, 1.54) is 16.3 Å². The van der Waals surface area contributed by atoms with Crippen LogP contribution in [0.5, 0.6) is 5.75 Å². The van der Waals surface area contributed by atoms with Gasteiger partial charge in [-0.25, -0.2) is 4.98 Å². The summed E-state index contributed by atoms with van der Waals surface area (Å²) < 4.78 is 6.77. The van der Waals surface area contributed by atoms with Crippen molar-refractivity contribution in [2.75, 3.05) is 18.2 Å². The van der Waals surface area contributed by atoms with E-state index in [0.29, 0.717) is 27.6 Å². The number of aromatic nitrogens is 3. The third kappa shape index (κ3) is 4.08. The van der Waals surface area contributed by atoms with Crippen molar-refractivity contribution >= 4 is 45.3 Å². The molecule has 0 fully saturated rings. The van der Waals surface area contributed by atoms with Gasteiger partial charge in [-0.15, -0.1) is 0 Å². The monoisotopic (exact) mass is 456 g/mol. The molecule has 8 heteroatoms. The second-order valence-electron chi connectivity index (χ2n) is 7.33. The number of amides is 1. The van der Waals surface area contributed by atoms with Gasteiger partial charge in [0.05, 0.1) is 18.6 Å². The normalized spacial score (nSPS) is 11.1. The summed E-state index contributed by atoms with van der Waals surface area (Å²) in [6, 6.07) is 24.1. The third-order valence-corrected chi connectivity index (χ3v) is 6.15. The Bertz CT molecular complexity index is 1510. The number of para-hydroxylation sites is 2. The maximum absolute atomic E-state index is 13.6. The Morgan fingerprint density at radius 1 is 1.03 bits per heavy atom. The van der Waals surface area contributed by atoms with Gasteiger partial charge in [-0.05, 0) is 42.5 Å². The summed E-state index contributed by atoms with van der Waals surface area (Å²) in [7, 11) is 1.59. The van der Waals surface area contributed by atoms with Crippen LogP contribution in [0, 0.1) is 0 Å². The molecule has 0 unspecified atom stereocenters. The topological polar surface area (TPSA) is 89.0 Å². The molecule has 3 aromatic carbocycles. The number of carbonyl (C=O) groups excluding carboxylic acids is 1. The lowest BCUT2D eigenvalue weighted by atomic mass is 10.2. The van der Waals surface area contributed by atoms with Crippen molar-refractivity contribution in [3.8, 4) is 11.4 Å². The summed E-state index contributed by atoms with van der Waals surface area (Å²) >= 11 is 1.21. The van der Waals surface area contributed by atoms with Crippen molar-refractivity contribution in [2.45, 2.75) is 5.16 Å². The summed E-state index contributed by atoms with van der Waals surface area (Å²) in [4.78, 5) is 34.1. The Labute approximate surface area is 193 Å². The zero-order valence-corrected chi connectivity index (χ0v) is 18.6. The Kier molecular flexibility index (Phi) is 5.58. The van der Waals surface area contributed by atoms with Gasteiger partial charge in [-0.3, -0.25) is 14.2 Å². The second-order valence-corrected chi connectivity index (χ2v) is 8.27. The molecule has 33 heavy (non-hydrogen) atoms. The predicted octanol–water partition coefficient (Wildman–Crippen LogP) is 4.61. The average Bonchev–Trinajstić information content (AvgIpc) is 3.23. The van der Waals surface area contributed by atoms with E-state index in [4.69, 9.17) is 9.72 Å². The van der Waals surface area contributed by atoms with E-state index >= 15 is 0 Å². The van der Waals surface area contributed by atoms with Crippen molar-refractivity contribution in [1.82, 2.24) is 14.5 Å². The molecular weight excluding hydrogens is 436 g/mol. The maximum Gasteiger partial charge on any atom is 0.283 e. The molecular formula is C25H20N4O3S. The number of ether oxygens (including phenoxy) is 1. The standard InChI is InChI=1S/C25H20N4O3S/c1-32-18-13-11-17(12-14-18)29-24(31)23-22(19-9-5-6-10-20(19)27-23)28-25(29)33-15-21(30)26-16-7-3-2-4-8-16/h2-14,27H,15H2,1H3,(H,26,30). The van der Waals surface area contributed by atoms with Gasteiger partial charge >= 0.3 is 0 Å². The van der Waals surface area contributed by atoms with Crippen LogP contribution in [-0.2, 0) is 4.79 Å². The molecule has 0 aliphatic carbocycles. The summed E-state index contributed by atoms with van der Waals surface area (Å²) in [5.41, 5.74) is 2.97. The Hall–Kier alpha value is -4.04. The number of nitrogens with zero attached hydrogens (tertiary/aromatic N) is 2. The molecule has 2 aromatic heterocycles. The molecule has 0 bridgehead atoms. The summed E-state index contributed by atoms with van der Waals surface area (Å²) in [5.74, 6) is 0.606. The molecule has 0 spiro atoms. The number of carbonyl (C=O) groups is 1. The minimum absolute atomic E-state index is 0.103. The zero-order chi connectivity index (χ0) is 22.8. The highest BCUT2D eigenvalue weighted by atomic mass is 32.2. The fourth-order valence-corrected chi connectivity index (χ4v) is 4.45. The predicted molar refractivity (Wildman–Crippen MR) is 132 cm³/mol. The Balaban J connectivity index is 1.57. The molecule has 0 aliphatic rings. The molecule has 0 saturated heterocycles. The number of rotatable bonds is 6. The lowest BCUT2D eigenvalue weighted by molar-refractivity contribution is -0.113. The van der Waals surface area contributed by atoms with E-state index in [0.717, 1.165) is 16.6 Å². The van der Waals surface area contributed by atoms with Crippen molar-refractivity contribution in [1.29, 1.82) is 0 Å². The lowest BCUT2D eigenvalue weighted by Crippen LogP contribution is -2.23. The van der Waals surface area contributed by atoms with E-state index in [1.807, 2.05) is 54.6 Å². The molecule has 5 aromatic rings. The first-order valence-corrected chi connectivity index (χ1v) is 11.3. The number of nitrogens with one attached hydrogen (secondary N) is 2. The van der Waals surface area contributed by atoms with Gasteiger partial charge in [0.1, 0.15) is 16.8 Å². The fraction of sp³-hybridized carbons (Fsp3) is 0.0800. The maximum atomic E-state index is 13.6. The number of benzene rings is 3. The van der Waals surface area contributed by atoms with E-state index in [2.05, 4.69) is 10.3 Å². The molecule has 164 valence electrons. The molecule has 5 rings (SSSR count). The van der Waals surface area contributed by atoms with Gasteiger partial charge in [-0.2, -0.15) is 0 Å². The minimum atomic E-state index is -0.229. The van der Waals surface area contributed by atoms with Gasteiger partial charge in [0.25, 0.3) is 5.56 Å². The molecule has 2 N–H and O–H groups in total. The Morgan fingerprint density at radius 3 is 2.52 bits per heavy atom. The van der Waals surface area contributed by atoms with E-state index in [-0.39, 0.29) is 17.2 Å². The molecule has 0 saturated carbocycles. The van der Waals surface area contributed by atoms with Gasteiger partial charge in [0.2, 0.25) is 5.91 Å². The van der Waals surface area contributed by atoms with E-state index < -0.39 is 0 Å². The van der Waals surface area contributed by atoms with Crippen molar-refractivity contribution in [3.63, 3.8) is 0 Å². The summed E-state index contributed by atoms with van der Waals surface area (Å²) in [6.45, 7) is 0.